The SMILES string of the molecule is CCCCCCCCC(CC)(CCCCCCC)CCCCCCCC. The fourth-order valence-corrected chi connectivity index (χ4v) is 4.57. The highest BCUT2D eigenvalue weighted by Crippen LogP contribution is 2.40. The average molecular weight is 367 g/mol. The summed E-state index contributed by atoms with van der Waals surface area (Å²) in [5.74, 6) is 0. The van der Waals surface area contributed by atoms with Crippen LogP contribution in [0.3, 0.4) is 0 Å². The third-order valence-electron chi connectivity index (χ3n) is 6.68. The zero-order valence-electron chi connectivity index (χ0n) is 19.3. The van der Waals surface area contributed by atoms with Crippen LogP contribution >= 0.6 is 0 Å². The van der Waals surface area contributed by atoms with E-state index in [9.17, 15) is 0 Å². The maximum absolute atomic E-state index is 2.49. The zero-order valence-corrected chi connectivity index (χ0v) is 19.3. The lowest BCUT2D eigenvalue weighted by atomic mass is 9.72. The van der Waals surface area contributed by atoms with Gasteiger partial charge in [-0.1, -0.05) is 143 Å². The van der Waals surface area contributed by atoms with Crippen LogP contribution < -0.4 is 0 Å². The molecule has 26 heavy (non-hydrogen) atoms. The first kappa shape index (κ1) is 26.0. The van der Waals surface area contributed by atoms with Gasteiger partial charge in [0.25, 0.3) is 0 Å². The Morgan fingerprint density at radius 1 is 0.346 bits per heavy atom. The van der Waals surface area contributed by atoms with Gasteiger partial charge in [-0.2, -0.15) is 0 Å². The van der Waals surface area contributed by atoms with E-state index in [1.54, 1.807) is 0 Å². The van der Waals surface area contributed by atoms with Gasteiger partial charge in [0, 0.05) is 0 Å². The first-order chi connectivity index (χ1) is 12.7. The van der Waals surface area contributed by atoms with Crippen LogP contribution in [-0.4, -0.2) is 0 Å². The fourth-order valence-electron chi connectivity index (χ4n) is 4.57. The molecule has 0 aromatic carbocycles. The van der Waals surface area contributed by atoms with E-state index >= 15 is 0 Å². The molecule has 0 rings (SSSR count). The van der Waals surface area contributed by atoms with Crippen LogP contribution in [0.1, 0.15) is 163 Å². The van der Waals surface area contributed by atoms with Crippen molar-refractivity contribution in [3.8, 4) is 0 Å². The molecule has 0 unspecified atom stereocenters. The highest BCUT2D eigenvalue weighted by molar-refractivity contribution is 4.78. The summed E-state index contributed by atoms with van der Waals surface area (Å²) in [6, 6.07) is 0. The third-order valence-corrected chi connectivity index (χ3v) is 6.68. The average Bonchev–Trinajstić information content (AvgIpc) is 2.66. The van der Waals surface area contributed by atoms with E-state index in [1.807, 2.05) is 0 Å². The lowest BCUT2D eigenvalue weighted by Gasteiger charge is -2.34. The first-order valence-electron chi connectivity index (χ1n) is 12.7. The Morgan fingerprint density at radius 3 is 0.885 bits per heavy atom. The van der Waals surface area contributed by atoms with Gasteiger partial charge in [0.1, 0.15) is 0 Å². The summed E-state index contributed by atoms with van der Waals surface area (Å²) < 4.78 is 0. The summed E-state index contributed by atoms with van der Waals surface area (Å²) in [4.78, 5) is 0. The van der Waals surface area contributed by atoms with E-state index in [0.717, 1.165) is 0 Å². The fraction of sp³-hybridized carbons (Fsp3) is 1.00. The van der Waals surface area contributed by atoms with Crippen LogP contribution in [0.5, 0.6) is 0 Å². The molecule has 0 spiro atoms. The highest BCUT2D eigenvalue weighted by Gasteiger charge is 2.26. The lowest BCUT2D eigenvalue weighted by molar-refractivity contribution is 0.186. The minimum Gasteiger partial charge on any atom is -0.0654 e. The molecule has 158 valence electrons. The minimum atomic E-state index is 0.682. The maximum atomic E-state index is 2.49. The van der Waals surface area contributed by atoms with Crippen LogP contribution in [0.4, 0.5) is 0 Å². The quantitative estimate of drug-likeness (QED) is 0.177. The van der Waals surface area contributed by atoms with Gasteiger partial charge in [-0.25, -0.2) is 0 Å². The number of rotatable bonds is 21. The van der Waals surface area contributed by atoms with Crippen molar-refractivity contribution in [3.63, 3.8) is 0 Å². The normalized spacial score (nSPS) is 12.0. The summed E-state index contributed by atoms with van der Waals surface area (Å²) in [5.41, 5.74) is 0.682. The second-order valence-corrected chi connectivity index (χ2v) is 9.05. The Hall–Kier alpha value is 0. The van der Waals surface area contributed by atoms with Crippen molar-refractivity contribution in [1.29, 1.82) is 0 Å². The van der Waals surface area contributed by atoms with Gasteiger partial charge in [-0.3, -0.25) is 0 Å². The van der Waals surface area contributed by atoms with Gasteiger partial charge < -0.3 is 0 Å². The van der Waals surface area contributed by atoms with Crippen molar-refractivity contribution in [1.82, 2.24) is 0 Å². The van der Waals surface area contributed by atoms with Crippen LogP contribution in [-0.2, 0) is 0 Å². The van der Waals surface area contributed by atoms with Gasteiger partial charge in [-0.15, -0.1) is 0 Å². The molecule has 0 heterocycles. The Morgan fingerprint density at radius 2 is 0.615 bits per heavy atom. The molecule has 0 nitrogen and oxygen atoms in total. The molecule has 0 fully saturated rings. The summed E-state index contributed by atoms with van der Waals surface area (Å²) >= 11 is 0. The van der Waals surface area contributed by atoms with Crippen LogP contribution in [0.2, 0.25) is 0 Å². The maximum Gasteiger partial charge on any atom is -0.0300 e. The summed E-state index contributed by atoms with van der Waals surface area (Å²) in [5, 5.41) is 0. The minimum absolute atomic E-state index is 0.682. The van der Waals surface area contributed by atoms with E-state index in [2.05, 4.69) is 27.7 Å². The molecule has 0 aliphatic heterocycles. The molecule has 0 atom stereocenters. The molecule has 0 heteroatoms. The van der Waals surface area contributed by atoms with Gasteiger partial charge in [-0.05, 0) is 24.7 Å². The number of hydrogen-bond acceptors (Lipinski definition) is 0. The summed E-state index contributed by atoms with van der Waals surface area (Å²) in [7, 11) is 0. The Balaban J connectivity index is 4.22. The molecule has 0 aromatic rings. The second kappa shape index (κ2) is 19.8. The van der Waals surface area contributed by atoms with Crippen LogP contribution in [0, 0.1) is 5.41 Å². The molecule has 0 aliphatic rings. The number of unbranched alkanes of at least 4 members (excludes halogenated alkanes) is 14. The standard InChI is InChI=1S/C26H54/c1-5-9-12-15-18-21-24-26(8-4,23-20-17-14-11-7-3)25-22-19-16-13-10-6-2/h5-25H2,1-4H3. The third kappa shape index (κ3) is 15.1. The predicted octanol–water partition coefficient (Wildman–Crippen LogP) is 10.2. The largest absolute Gasteiger partial charge is 0.0654 e. The second-order valence-electron chi connectivity index (χ2n) is 9.05. The topological polar surface area (TPSA) is 0 Å². The molecule has 0 saturated heterocycles. The molecular formula is C26H54. The van der Waals surface area contributed by atoms with Crippen LogP contribution in [0.25, 0.3) is 0 Å². The van der Waals surface area contributed by atoms with E-state index in [-0.39, 0.29) is 0 Å². The van der Waals surface area contributed by atoms with E-state index in [1.165, 1.54) is 135 Å². The molecule has 0 saturated carbocycles. The molecule has 0 N–H and O–H groups in total. The molecule has 0 aliphatic carbocycles. The van der Waals surface area contributed by atoms with Crippen molar-refractivity contribution < 1.29 is 0 Å². The van der Waals surface area contributed by atoms with Crippen molar-refractivity contribution >= 4 is 0 Å². The lowest BCUT2D eigenvalue weighted by Crippen LogP contribution is -2.20. The monoisotopic (exact) mass is 366 g/mol. The molecule has 0 bridgehead atoms. The van der Waals surface area contributed by atoms with E-state index in [0.29, 0.717) is 5.41 Å². The molecule has 0 aromatic heterocycles. The number of hydrogen-bond donors (Lipinski definition) is 0. The zero-order chi connectivity index (χ0) is 19.3. The molecular weight excluding hydrogens is 312 g/mol. The summed E-state index contributed by atoms with van der Waals surface area (Å²) in [6.07, 6.45) is 30.6. The smallest absolute Gasteiger partial charge is 0.0300 e. The Labute approximate surface area is 168 Å². The van der Waals surface area contributed by atoms with Crippen molar-refractivity contribution in [2.24, 2.45) is 5.41 Å². The Bertz CT molecular complexity index is 239. The van der Waals surface area contributed by atoms with Gasteiger partial charge in [0.05, 0.1) is 0 Å². The van der Waals surface area contributed by atoms with Crippen molar-refractivity contribution in [3.05, 3.63) is 0 Å². The van der Waals surface area contributed by atoms with Crippen LogP contribution in [0.15, 0.2) is 0 Å². The summed E-state index contributed by atoms with van der Waals surface area (Å²) in [6.45, 7) is 9.45. The van der Waals surface area contributed by atoms with Gasteiger partial charge in [0.2, 0.25) is 0 Å². The van der Waals surface area contributed by atoms with Gasteiger partial charge in [0.15, 0.2) is 0 Å². The van der Waals surface area contributed by atoms with E-state index in [4.69, 9.17) is 0 Å². The Kier molecular flexibility index (Phi) is 19.8. The first-order valence-corrected chi connectivity index (χ1v) is 12.7. The van der Waals surface area contributed by atoms with Crippen molar-refractivity contribution in [2.75, 3.05) is 0 Å². The molecule has 0 amide bonds. The van der Waals surface area contributed by atoms with Crippen molar-refractivity contribution in [2.45, 2.75) is 163 Å². The van der Waals surface area contributed by atoms with Gasteiger partial charge >= 0.3 is 0 Å². The highest BCUT2D eigenvalue weighted by atomic mass is 14.3. The van der Waals surface area contributed by atoms with E-state index < -0.39 is 0 Å². The molecule has 0 radical (unpaired) electrons. The predicted molar refractivity (Wildman–Crippen MR) is 122 cm³/mol.